The van der Waals surface area contributed by atoms with E-state index in [1.165, 1.54) is 51.4 Å². The van der Waals surface area contributed by atoms with Crippen molar-refractivity contribution >= 4 is 16.6 Å². The molecule has 0 amide bonds. The smallest absolute Gasteiger partial charge is 0.184 e. The molecule has 4 rings (SSSR count). The average Bonchev–Trinajstić information content (AvgIpc) is 2.92. The van der Waals surface area contributed by atoms with Gasteiger partial charge in [-0.05, 0) is 133 Å². The van der Waals surface area contributed by atoms with Crippen molar-refractivity contribution in [1.29, 1.82) is 0 Å². The summed E-state index contributed by atoms with van der Waals surface area (Å²) in [5.74, 6) is 3.12. The molecule has 0 aliphatic heterocycles. The maximum atomic E-state index is 12.1. The zero-order valence-corrected chi connectivity index (χ0v) is 24.6. The van der Waals surface area contributed by atoms with Gasteiger partial charge in [0.25, 0.3) is 0 Å². The van der Waals surface area contributed by atoms with Crippen LogP contribution in [0.4, 0.5) is 0 Å². The van der Waals surface area contributed by atoms with Crippen LogP contribution in [-0.2, 0) is 8.85 Å². The number of rotatable bonds is 5. The molecule has 5 heteroatoms. The van der Waals surface area contributed by atoms with E-state index in [1.54, 1.807) is 0 Å². The lowest BCUT2D eigenvalue weighted by molar-refractivity contribution is -0.182. The third-order valence-electron chi connectivity index (χ3n) is 10.6. The van der Waals surface area contributed by atoms with Crippen LogP contribution in [-0.4, -0.2) is 39.6 Å². The van der Waals surface area contributed by atoms with Gasteiger partial charge >= 0.3 is 0 Å². The second-order valence-corrected chi connectivity index (χ2v) is 23.5. The molecule has 4 unspecified atom stereocenters. The highest BCUT2D eigenvalue weighted by Gasteiger charge is 2.66. The highest BCUT2D eigenvalue weighted by Crippen LogP contribution is 2.69. The van der Waals surface area contributed by atoms with E-state index < -0.39 is 22.2 Å². The fourth-order valence-corrected chi connectivity index (χ4v) is 11.6. The van der Waals surface area contributed by atoms with Crippen LogP contribution in [0.25, 0.3) is 0 Å². The Morgan fingerprint density at radius 1 is 0.812 bits per heavy atom. The van der Waals surface area contributed by atoms with Crippen molar-refractivity contribution < 1.29 is 14.0 Å². The molecule has 4 fully saturated rings. The summed E-state index contributed by atoms with van der Waals surface area (Å²) in [7, 11) is -3.16. The molecule has 0 aromatic rings. The predicted octanol–water partition coefficient (Wildman–Crippen LogP) is 7.22. The quantitative estimate of drug-likeness (QED) is 0.422. The van der Waals surface area contributed by atoms with Crippen molar-refractivity contribution in [2.75, 3.05) is 0 Å². The van der Waals surface area contributed by atoms with Gasteiger partial charge in [0.15, 0.2) is 16.6 Å². The van der Waals surface area contributed by atoms with Crippen LogP contribution in [0.5, 0.6) is 0 Å². The maximum absolute atomic E-state index is 12.1. The molecule has 32 heavy (non-hydrogen) atoms. The van der Waals surface area contributed by atoms with Crippen LogP contribution in [0.2, 0.25) is 39.3 Å². The summed E-state index contributed by atoms with van der Waals surface area (Å²) >= 11 is 0. The molecule has 186 valence electrons. The van der Waals surface area contributed by atoms with E-state index in [2.05, 4.69) is 60.1 Å². The average molecular weight is 481 g/mol. The highest BCUT2D eigenvalue weighted by molar-refractivity contribution is 6.70. The van der Waals surface area contributed by atoms with Gasteiger partial charge in [-0.2, -0.15) is 0 Å². The van der Waals surface area contributed by atoms with Gasteiger partial charge in [-0.25, -0.2) is 0 Å². The Kier molecular flexibility index (Phi) is 6.49. The van der Waals surface area contributed by atoms with Gasteiger partial charge in [-0.3, -0.25) is 0 Å². The minimum absolute atomic E-state index is 0.00851. The Labute approximate surface area is 200 Å². The van der Waals surface area contributed by atoms with E-state index in [9.17, 15) is 5.11 Å². The van der Waals surface area contributed by atoms with Crippen LogP contribution >= 0.6 is 0 Å². The lowest BCUT2D eigenvalue weighted by Crippen LogP contribution is -2.60. The summed E-state index contributed by atoms with van der Waals surface area (Å²) < 4.78 is 13.1. The third kappa shape index (κ3) is 4.25. The molecule has 4 saturated carbocycles. The molecule has 0 aromatic heterocycles. The monoisotopic (exact) mass is 480 g/mol. The van der Waals surface area contributed by atoms with E-state index in [0.717, 1.165) is 24.2 Å². The van der Waals surface area contributed by atoms with Gasteiger partial charge in [0.2, 0.25) is 0 Å². The van der Waals surface area contributed by atoms with E-state index >= 15 is 0 Å². The first kappa shape index (κ1) is 25.4. The molecule has 1 N–H and O–H groups in total. The van der Waals surface area contributed by atoms with Crippen molar-refractivity contribution in [3.05, 3.63) is 0 Å². The number of aliphatic hydroxyl groups is 1. The summed E-state index contributed by atoms with van der Waals surface area (Å²) in [5.41, 5.74) is -0.178. The van der Waals surface area contributed by atoms with E-state index in [0.29, 0.717) is 17.4 Å². The predicted molar refractivity (Wildman–Crippen MR) is 139 cm³/mol. The second-order valence-electron chi connectivity index (χ2n) is 14.6. The Hall–Kier alpha value is 0.314. The first-order valence-corrected chi connectivity index (χ1v) is 20.5. The minimum atomic E-state index is -1.69. The topological polar surface area (TPSA) is 38.7 Å². The molecule has 0 heterocycles. The fraction of sp³-hybridized carbons (Fsp3) is 1.00. The van der Waals surface area contributed by atoms with Crippen molar-refractivity contribution in [2.24, 2.45) is 34.5 Å². The van der Waals surface area contributed by atoms with Gasteiger partial charge in [-0.1, -0.05) is 13.8 Å². The summed E-state index contributed by atoms with van der Waals surface area (Å²) in [4.78, 5) is 0. The molecule has 4 aliphatic carbocycles. The van der Waals surface area contributed by atoms with E-state index in [4.69, 9.17) is 8.85 Å². The second kappa shape index (κ2) is 8.18. The third-order valence-corrected chi connectivity index (χ3v) is 12.7. The molecule has 9 atom stereocenters. The lowest BCUT2D eigenvalue weighted by Gasteiger charge is -2.62. The Morgan fingerprint density at radius 3 is 2.09 bits per heavy atom. The molecule has 0 radical (unpaired) electrons. The fourth-order valence-electron chi connectivity index (χ4n) is 9.17. The number of hydrogen-bond acceptors (Lipinski definition) is 3. The van der Waals surface area contributed by atoms with Crippen molar-refractivity contribution in [2.45, 2.75) is 136 Å². The Morgan fingerprint density at radius 2 is 1.47 bits per heavy atom. The molecule has 0 saturated heterocycles. The molecule has 4 aliphatic rings. The molecular formula is C27H52O3Si2. The number of hydrogen-bond donors (Lipinski definition) is 1. The zero-order valence-electron chi connectivity index (χ0n) is 22.6. The zero-order chi connectivity index (χ0) is 23.7. The summed E-state index contributed by atoms with van der Waals surface area (Å²) in [6, 6.07) is 0. The van der Waals surface area contributed by atoms with Crippen molar-refractivity contribution in [3.63, 3.8) is 0 Å². The van der Waals surface area contributed by atoms with Gasteiger partial charge in [0.1, 0.15) is 0 Å². The van der Waals surface area contributed by atoms with Gasteiger partial charge in [-0.15, -0.1) is 0 Å². The Bertz CT molecular complexity index is 700. The molecule has 3 nitrogen and oxygen atoms in total. The maximum Gasteiger partial charge on any atom is 0.184 e. The Balaban J connectivity index is 1.52. The minimum Gasteiger partial charge on any atom is -0.415 e. The van der Waals surface area contributed by atoms with E-state index in [1.807, 2.05) is 0 Å². The normalized spacial score (nSPS) is 48.0. The first-order chi connectivity index (χ1) is 14.6. The van der Waals surface area contributed by atoms with Crippen molar-refractivity contribution in [3.8, 4) is 0 Å². The molecule has 0 spiro atoms. The molecular weight excluding hydrogens is 428 g/mol. The SMILES string of the molecule is C[C@@H](O[Si](C)(C)C)[C@@]1(O)CCC2C3CCC4C[C@H](O[Si](C)(C)C)CC[C@]4(C)C3CC[C@@]21C. The molecule has 0 bridgehead atoms. The van der Waals surface area contributed by atoms with Crippen LogP contribution in [0, 0.1) is 34.5 Å². The van der Waals surface area contributed by atoms with Gasteiger partial charge < -0.3 is 14.0 Å². The van der Waals surface area contributed by atoms with Crippen LogP contribution < -0.4 is 0 Å². The highest BCUT2D eigenvalue weighted by atomic mass is 28.4. The molecule has 0 aromatic carbocycles. The summed E-state index contributed by atoms with van der Waals surface area (Å²) in [6.45, 7) is 21.0. The largest absolute Gasteiger partial charge is 0.415 e. The van der Waals surface area contributed by atoms with Crippen LogP contribution in [0.15, 0.2) is 0 Å². The van der Waals surface area contributed by atoms with E-state index in [-0.39, 0.29) is 11.5 Å². The standard InChI is InChI=1S/C27H52O3Si2/c1-19(29-31(4,5)6)27(28)17-14-24-22-11-10-20-18-21(30-32(7,8)9)12-15-25(20,2)23(22)13-16-26(24,27)3/h19-24,28H,10-18H2,1-9H3/t19-,20?,21-,22?,23?,24?,25+,26+,27+/m1/s1. The van der Waals surface area contributed by atoms with Gasteiger partial charge in [0, 0.05) is 11.5 Å². The lowest BCUT2D eigenvalue weighted by atomic mass is 9.44. The van der Waals surface area contributed by atoms with Crippen LogP contribution in [0.1, 0.15) is 78.6 Å². The van der Waals surface area contributed by atoms with Crippen LogP contribution in [0.3, 0.4) is 0 Å². The van der Waals surface area contributed by atoms with Gasteiger partial charge in [0.05, 0.1) is 11.7 Å². The number of fused-ring (bicyclic) bond motifs is 5. The first-order valence-electron chi connectivity index (χ1n) is 13.7. The summed E-state index contributed by atoms with van der Waals surface area (Å²) in [5, 5.41) is 12.1. The van der Waals surface area contributed by atoms with Crippen molar-refractivity contribution in [1.82, 2.24) is 0 Å². The summed E-state index contributed by atoms with van der Waals surface area (Å²) in [6.07, 6.45) is 11.7.